The molecule has 1 aromatic carbocycles. The standard InChI is InChI=1S/C12H15NO4.C3H7I.C2H6/c1-3-16-11(14)9-6-5-7-10(8-9)13-12(15)17-4-2;1-2-3-4;1-2/h5-8H,3-4H2,1-2H3,(H,13,15);2-3H2,1H3;1-2H3/i;1D;. The second kappa shape index (κ2) is 17.1. The fourth-order valence-electron chi connectivity index (χ4n) is 1.22. The largest absolute Gasteiger partial charge is 0.462 e. The van der Waals surface area contributed by atoms with E-state index in [4.69, 9.17) is 10.8 Å². The molecule has 0 heterocycles. The van der Waals surface area contributed by atoms with E-state index in [1.54, 1.807) is 32.0 Å². The van der Waals surface area contributed by atoms with E-state index < -0.39 is 12.1 Å². The van der Waals surface area contributed by atoms with E-state index in [1.807, 2.05) is 13.8 Å². The zero-order valence-electron chi connectivity index (χ0n) is 15.4. The van der Waals surface area contributed by atoms with Crippen LogP contribution in [0.15, 0.2) is 24.3 Å². The van der Waals surface area contributed by atoms with Crippen LogP contribution in [0.5, 0.6) is 0 Å². The molecule has 0 radical (unpaired) electrons. The molecule has 0 aliphatic carbocycles. The van der Waals surface area contributed by atoms with Gasteiger partial charge in [0.1, 0.15) is 0 Å². The van der Waals surface area contributed by atoms with Crippen LogP contribution in [-0.4, -0.2) is 29.7 Å². The van der Waals surface area contributed by atoms with Gasteiger partial charge in [-0.05, 0) is 42.9 Å². The van der Waals surface area contributed by atoms with Gasteiger partial charge in [0.05, 0.1) is 18.8 Å². The van der Waals surface area contributed by atoms with Gasteiger partial charge in [0, 0.05) is 7.06 Å². The van der Waals surface area contributed by atoms with Crippen LogP contribution in [0.3, 0.4) is 0 Å². The lowest BCUT2D eigenvalue weighted by atomic mass is 10.2. The van der Waals surface area contributed by atoms with E-state index in [0.29, 0.717) is 31.4 Å². The van der Waals surface area contributed by atoms with Gasteiger partial charge in [-0.15, -0.1) is 0 Å². The minimum atomic E-state index is -0.548. The van der Waals surface area contributed by atoms with E-state index in [1.165, 1.54) is 6.07 Å². The Labute approximate surface area is 154 Å². The number of ether oxygens (including phenoxy) is 2. The lowest BCUT2D eigenvalue weighted by molar-refractivity contribution is 0.0526. The molecule has 0 fully saturated rings. The number of halogens is 1. The Balaban J connectivity index is 0. The molecule has 0 atom stereocenters. The Kier molecular flexibility index (Phi) is 16.1. The molecule has 0 unspecified atom stereocenters. The first-order valence-corrected chi connectivity index (χ1v) is 9.17. The van der Waals surface area contributed by atoms with Crippen LogP contribution >= 0.6 is 22.6 Å². The molecule has 23 heavy (non-hydrogen) atoms. The van der Waals surface area contributed by atoms with Crippen molar-refractivity contribution in [2.24, 2.45) is 0 Å². The van der Waals surface area contributed by atoms with Gasteiger partial charge in [-0.3, -0.25) is 5.32 Å². The second-order valence-corrected chi connectivity index (χ2v) is 4.77. The first-order chi connectivity index (χ1) is 11.6. The number of hydrogen-bond donors (Lipinski definition) is 1. The van der Waals surface area contributed by atoms with E-state index in [0.717, 1.165) is 10.8 Å². The predicted octanol–water partition coefficient (Wildman–Crippen LogP) is 5.29. The summed E-state index contributed by atoms with van der Waals surface area (Å²) < 4.78 is 17.3. The second-order valence-electron chi connectivity index (χ2n) is 3.69. The van der Waals surface area contributed by atoms with Crippen molar-refractivity contribution in [2.45, 2.75) is 41.0 Å². The van der Waals surface area contributed by atoms with Crippen molar-refractivity contribution in [2.75, 3.05) is 23.0 Å². The molecule has 5 nitrogen and oxygen atoms in total. The van der Waals surface area contributed by atoms with Crippen LogP contribution in [0.2, 0.25) is 0 Å². The van der Waals surface area contributed by atoms with Crippen molar-refractivity contribution >= 4 is 40.3 Å². The minimum absolute atomic E-state index is 0.295. The molecule has 6 heteroatoms. The van der Waals surface area contributed by atoms with E-state index in [9.17, 15) is 9.59 Å². The van der Waals surface area contributed by atoms with Gasteiger partial charge in [-0.1, -0.05) is 49.4 Å². The Hall–Kier alpha value is -1.31. The highest BCUT2D eigenvalue weighted by atomic mass is 127. The zero-order chi connectivity index (χ0) is 18.8. The third-order valence-electron chi connectivity index (χ3n) is 2.03. The smallest absolute Gasteiger partial charge is 0.411 e. The highest BCUT2D eigenvalue weighted by Crippen LogP contribution is 2.12. The van der Waals surface area contributed by atoms with Crippen LogP contribution in [0.25, 0.3) is 0 Å². The van der Waals surface area contributed by atoms with Gasteiger partial charge in [0.2, 0.25) is 0 Å². The molecule has 132 valence electrons. The van der Waals surface area contributed by atoms with Crippen molar-refractivity contribution in [3.8, 4) is 0 Å². The molecule has 0 saturated carbocycles. The van der Waals surface area contributed by atoms with E-state index in [2.05, 4.69) is 27.9 Å². The average molecular weight is 438 g/mol. The fraction of sp³-hybridized carbons (Fsp3) is 0.529. The fourth-order valence-corrected chi connectivity index (χ4v) is 1.22. The summed E-state index contributed by atoms with van der Waals surface area (Å²) in [6, 6.07) is 6.48. The van der Waals surface area contributed by atoms with Gasteiger partial charge in [0.25, 0.3) is 0 Å². The van der Waals surface area contributed by atoms with Gasteiger partial charge in [0.15, 0.2) is 0 Å². The summed E-state index contributed by atoms with van der Waals surface area (Å²) in [6.45, 7) is 8.65. The minimum Gasteiger partial charge on any atom is -0.462 e. The molecular formula is C17H28INO4. The molecule has 1 N–H and O–H groups in total. The van der Waals surface area contributed by atoms with Gasteiger partial charge in [-0.25, -0.2) is 9.59 Å². The summed E-state index contributed by atoms with van der Waals surface area (Å²) in [5, 5.41) is 2.51. The van der Waals surface area contributed by atoms with Crippen LogP contribution in [0.4, 0.5) is 10.5 Å². The molecule has 1 amide bonds. The maximum absolute atomic E-state index is 11.4. The molecule has 0 aliphatic rings. The Bertz CT molecular complexity index is 456. The lowest BCUT2D eigenvalue weighted by Crippen LogP contribution is -2.14. The Morgan fingerprint density at radius 1 is 1.22 bits per heavy atom. The normalized spacial score (nSPS) is 9.17. The van der Waals surface area contributed by atoms with Crippen molar-refractivity contribution in [3.63, 3.8) is 0 Å². The summed E-state index contributed by atoms with van der Waals surface area (Å²) in [5.74, 6) is -0.417. The molecule has 0 bridgehead atoms. The number of alkyl halides is 1. The van der Waals surface area contributed by atoms with Crippen molar-refractivity contribution < 1.29 is 20.4 Å². The van der Waals surface area contributed by atoms with Crippen molar-refractivity contribution in [3.05, 3.63) is 29.8 Å². The van der Waals surface area contributed by atoms with Gasteiger partial charge >= 0.3 is 12.1 Å². The Morgan fingerprint density at radius 2 is 1.87 bits per heavy atom. The molecule has 0 spiro atoms. The third kappa shape index (κ3) is 12.9. The maximum atomic E-state index is 11.4. The van der Waals surface area contributed by atoms with E-state index in [-0.39, 0.29) is 0 Å². The number of carbonyl (C=O) groups is 2. The number of carbonyl (C=O) groups excluding carboxylic acids is 2. The van der Waals surface area contributed by atoms with Crippen LogP contribution < -0.4 is 5.32 Å². The number of esters is 1. The predicted molar refractivity (Wildman–Crippen MR) is 104 cm³/mol. The first-order valence-electron chi connectivity index (χ1n) is 8.35. The topological polar surface area (TPSA) is 64.6 Å². The van der Waals surface area contributed by atoms with Gasteiger partial charge in [-0.2, -0.15) is 0 Å². The lowest BCUT2D eigenvalue weighted by Gasteiger charge is -2.06. The van der Waals surface area contributed by atoms with Crippen molar-refractivity contribution in [1.82, 2.24) is 0 Å². The molecule has 1 aromatic rings. The summed E-state index contributed by atoms with van der Waals surface area (Å²) >= 11 is 2.27. The number of anilines is 1. The number of hydrogen-bond acceptors (Lipinski definition) is 4. The summed E-state index contributed by atoms with van der Waals surface area (Å²) in [4.78, 5) is 22.6. The number of amides is 1. The van der Waals surface area contributed by atoms with Crippen molar-refractivity contribution in [1.29, 1.82) is 0 Å². The molecule has 1 rings (SSSR count). The van der Waals surface area contributed by atoms with Gasteiger partial charge < -0.3 is 9.47 Å². The maximum Gasteiger partial charge on any atom is 0.411 e. The third-order valence-corrected chi connectivity index (χ3v) is 2.79. The molecular weight excluding hydrogens is 409 g/mol. The molecule has 0 aromatic heterocycles. The Morgan fingerprint density at radius 3 is 2.35 bits per heavy atom. The average Bonchev–Trinajstić information content (AvgIpc) is 2.58. The van der Waals surface area contributed by atoms with Crippen LogP contribution in [0, 0.1) is 0 Å². The van der Waals surface area contributed by atoms with Crippen LogP contribution in [0.1, 0.15) is 52.7 Å². The highest BCUT2D eigenvalue weighted by molar-refractivity contribution is 14.1. The summed E-state index contributed by atoms with van der Waals surface area (Å²) in [7, 11) is 0. The van der Waals surface area contributed by atoms with Crippen LogP contribution in [-0.2, 0) is 9.47 Å². The van der Waals surface area contributed by atoms with E-state index >= 15 is 0 Å². The monoisotopic (exact) mass is 438 g/mol. The molecule has 0 aliphatic heterocycles. The number of nitrogens with one attached hydrogen (secondary N) is 1. The summed E-state index contributed by atoms with van der Waals surface area (Å²) in [6.07, 6.45) is 0.495. The molecule has 0 saturated heterocycles. The number of benzene rings is 1. The SMILES string of the molecule is CC.CCOC(=O)Nc1cccc(C(=O)OCC)c1.[2H]CCCI. The quantitative estimate of drug-likeness (QED) is 0.386. The highest BCUT2D eigenvalue weighted by Gasteiger charge is 2.08. The summed E-state index contributed by atoms with van der Waals surface area (Å²) in [5.41, 5.74) is 0.884. The first kappa shape index (κ1) is 21.7. The zero-order valence-corrected chi connectivity index (χ0v) is 16.5. The number of rotatable bonds is 5.